The Morgan fingerprint density at radius 1 is 1.30 bits per heavy atom. The largest absolute Gasteiger partial charge is 0.311 e. The van der Waals surface area contributed by atoms with Gasteiger partial charge in [0.25, 0.3) is 0 Å². The molecule has 0 saturated carbocycles. The first-order chi connectivity index (χ1) is 9.54. The van der Waals surface area contributed by atoms with Gasteiger partial charge in [-0.25, -0.2) is 4.39 Å². The van der Waals surface area contributed by atoms with E-state index in [-0.39, 0.29) is 11.9 Å². The lowest BCUT2D eigenvalue weighted by Gasteiger charge is -2.39. The molecule has 0 aromatic heterocycles. The lowest BCUT2D eigenvalue weighted by Crippen LogP contribution is -2.47. The van der Waals surface area contributed by atoms with Gasteiger partial charge in [-0.15, -0.1) is 0 Å². The highest BCUT2D eigenvalue weighted by Crippen LogP contribution is 2.34. The van der Waals surface area contributed by atoms with Crippen molar-refractivity contribution in [2.75, 3.05) is 7.05 Å². The third-order valence-electron chi connectivity index (χ3n) is 5.05. The summed E-state index contributed by atoms with van der Waals surface area (Å²) in [7, 11) is 2.17. The molecule has 3 atom stereocenters. The third kappa shape index (κ3) is 2.72. The van der Waals surface area contributed by atoms with Crippen molar-refractivity contribution in [1.29, 1.82) is 0 Å². The first-order valence-electron chi connectivity index (χ1n) is 7.47. The zero-order valence-corrected chi connectivity index (χ0v) is 12.8. The SMILES string of the molecule is CC(c1ccc(F)cc1Cl)N(C)C1CC2CCC(C1)N2. The minimum atomic E-state index is -0.270. The summed E-state index contributed by atoms with van der Waals surface area (Å²) in [5.74, 6) is -0.270. The average Bonchev–Trinajstić information content (AvgIpc) is 2.76. The third-order valence-corrected chi connectivity index (χ3v) is 5.37. The summed E-state index contributed by atoms with van der Waals surface area (Å²) in [5, 5.41) is 4.20. The van der Waals surface area contributed by atoms with Crippen LogP contribution in [0, 0.1) is 5.82 Å². The van der Waals surface area contributed by atoms with E-state index in [2.05, 4.69) is 24.2 Å². The number of nitrogens with zero attached hydrogens (tertiary/aromatic N) is 1. The van der Waals surface area contributed by atoms with Crippen molar-refractivity contribution in [3.05, 3.63) is 34.6 Å². The van der Waals surface area contributed by atoms with E-state index in [1.807, 2.05) is 6.07 Å². The molecular weight excluding hydrogens is 275 g/mol. The summed E-state index contributed by atoms with van der Waals surface area (Å²) in [5.41, 5.74) is 1.02. The van der Waals surface area contributed by atoms with Crippen molar-refractivity contribution >= 4 is 11.6 Å². The van der Waals surface area contributed by atoms with Gasteiger partial charge in [0.15, 0.2) is 0 Å². The molecule has 1 N–H and O–H groups in total. The summed E-state index contributed by atoms with van der Waals surface area (Å²) in [4.78, 5) is 2.41. The molecule has 0 amide bonds. The molecule has 2 bridgehead atoms. The normalized spacial score (nSPS) is 30.8. The summed E-state index contributed by atoms with van der Waals surface area (Å²) in [6.07, 6.45) is 5.02. The van der Waals surface area contributed by atoms with E-state index in [1.54, 1.807) is 0 Å². The quantitative estimate of drug-likeness (QED) is 0.914. The van der Waals surface area contributed by atoms with E-state index < -0.39 is 0 Å². The second-order valence-corrected chi connectivity index (χ2v) is 6.68. The smallest absolute Gasteiger partial charge is 0.124 e. The van der Waals surface area contributed by atoms with Crippen LogP contribution in [0.15, 0.2) is 18.2 Å². The minimum Gasteiger partial charge on any atom is -0.311 e. The number of halogens is 2. The second-order valence-electron chi connectivity index (χ2n) is 6.27. The fourth-order valence-electron chi connectivity index (χ4n) is 3.74. The van der Waals surface area contributed by atoms with E-state index in [1.165, 1.54) is 37.8 Å². The summed E-state index contributed by atoms with van der Waals surface area (Å²) in [6, 6.07) is 6.88. The van der Waals surface area contributed by atoms with Crippen LogP contribution < -0.4 is 5.32 Å². The molecule has 1 aromatic carbocycles. The number of hydrogen-bond donors (Lipinski definition) is 1. The van der Waals surface area contributed by atoms with Crippen molar-refractivity contribution in [2.45, 2.75) is 56.8 Å². The van der Waals surface area contributed by atoms with Crippen molar-refractivity contribution in [3.63, 3.8) is 0 Å². The average molecular weight is 297 g/mol. The van der Waals surface area contributed by atoms with E-state index in [0.29, 0.717) is 23.1 Å². The molecule has 2 fully saturated rings. The highest BCUT2D eigenvalue weighted by Gasteiger charge is 2.36. The topological polar surface area (TPSA) is 15.3 Å². The van der Waals surface area contributed by atoms with Gasteiger partial charge in [0.05, 0.1) is 0 Å². The Kier molecular flexibility index (Phi) is 4.02. The molecule has 0 radical (unpaired) electrons. The zero-order chi connectivity index (χ0) is 14.3. The molecule has 3 unspecified atom stereocenters. The van der Waals surface area contributed by atoms with Gasteiger partial charge >= 0.3 is 0 Å². The Bertz CT molecular complexity index is 481. The molecule has 2 saturated heterocycles. The van der Waals surface area contributed by atoms with Crippen molar-refractivity contribution < 1.29 is 4.39 Å². The van der Waals surface area contributed by atoms with Gasteiger partial charge < -0.3 is 5.32 Å². The van der Waals surface area contributed by atoms with Crippen LogP contribution in [0.2, 0.25) is 5.02 Å². The van der Waals surface area contributed by atoms with Crippen molar-refractivity contribution in [1.82, 2.24) is 10.2 Å². The Labute approximate surface area is 125 Å². The highest BCUT2D eigenvalue weighted by atomic mass is 35.5. The monoisotopic (exact) mass is 296 g/mol. The molecule has 2 heterocycles. The number of fused-ring (bicyclic) bond motifs is 2. The van der Waals surface area contributed by atoms with Crippen LogP contribution in [0.1, 0.15) is 44.2 Å². The predicted molar refractivity (Wildman–Crippen MR) is 80.6 cm³/mol. The fourth-order valence-corrected chi connectivity index (χ4v) is 4.06. The number of hydrogen-bond acceptors (Lipinski definition) is 2. The maximum atomic E-state index is 13.2. The maximum Gasteiger partial charge on any atom is 0.124 e. The van der Waals surface area contributed by atoms with Gasteiger partial charge in [-0.05, 0) is 57.4 Å². The summed E-state index contributed by atoms with van der Waals surface area (Å²) in [6.45, 7) is 2.16. The molecule has 2 aliphatic rings. The predicted octanol–water partition coefficient (Wildman–Crippen LogP) is 3.75. The number of rotatable bonds is 3. The van der Waals surface area contributed by atoms with E-state index in [4.69, 9.17) is 11.6 Å². The van der Waals surface area contributed by atoms with E-state index in [9.17, 15) is 4.39 Å². The van der Waals surface area contributed by atoms with E-state index >= 15 is 0 Å². The Balaban J connectivity index is 1.74. The lowest BCUT2D eigenvalue weighted by molar-refractivity contribution is 0.132. The molecule has 0 spiro atoms. The molecule has 2 aliphatic heterocycles. The van der Waals surface area contributed by atoms with Crippen LogP contribution in [-0.2, 0) is 0 Å². The van der Waals surface area contributed by atoms with Gasteiger partial charge in [-0.3, -0.25) is 4.90 Å². The van der Waals surface area contributed by atoms with Gasteiger partial charge in [0.2, 0.25) is 0 Å². The molecule has 110 valence electrons. The van der Waals surface area contributed by atoms with Crippen LogP contribution in [0.5, 0.6) is 0 Å². The van der Waals surface area contributed by atoms with Crippen LogP contribution in [0.4, 0.5) is 4.39 Å². The van der Waals surface area contributed by atoms with Crippen LogP contribution in [0.3, 0.4) is 0 Å². The first-order valence-corrected chi connectivity index (χ1v) is 7.85. The van der Waals surface area contributed by atoms with Gasteiger partial charge in [-0.1, -0.05) is 17.7 Å². The molecule has 4 heteroatoms. The molecule has 2 nitrogen and oxygen atoms in total. The molecule has 20 heavy (non-hydrogen) atoms. The summed E-state index contributed by atoms with van der Waals surface area (Å²) >= 11 is 6.20. The zero-order valence-electron chi connectivity index (χ0n) is 12.1. The number of piperidine rings is 1. The van der Waals surface area contributed by atoms with E-state index in [0.717, 1.165) is 5.56 Å². The molecular formula is C16H22ClFN2. The van der Waals surface area contributed by atoms with Gasteiger partial charge in [0.1, 0.15) is 5.82 Å². The Morgan fingerprint density at radius 3 is 2.55 bits per heavy atom. The van der Waals surface area contributed by atoms with Crippen LogP contribution in [-0.4, -0.2) is 30.1 Å². The van der Waals surface area contributed by atoms with Crippen molar-refractivity contribution in [3.8, 4) is 0 Å². The van der Waals surface area contributed by atoms with Gasteiger partial charge in [0, 0.05) is 29.2 Å². The second kappa shape index (κ2) is 5.63. The lowest BCUT2D eigenvalue weighted by atomic mass is 9.96. The number of benzene rings is 1. The number of nitrogens with one attached hydrogen (secondary N) is 1. The molecule has 1 aromatic rings. The Morgan fingerprint density at radius 2 is 1.95 bits per heavy atom. The van der Waals surface area contributed by atoms with Crippen LogP contribution >= 0.6 is 11.6 Å². The van der Waals surface area contributed by atoms with Crippen LogP contribution in [0.25, 0.3) is 0 Å². The molecule has 0 aliphatic carbocycles. The van der Waals surface area contributed by atoms with Crippen molar-refractivity contribution in [2.24, 2.45) is 0 Å². The van der Waals surface area contributed by atoms with Gasteiger partial charge in [-0.2, -0.15) is 0 Å². The minimum absolute atomic E-state index is 0.214. The Hall–Kier alpha value is -0.640. The summed E-state index contributed by atoms with van der Waals surface area (Å²) < 4.78 is 13.2. The fraction of sp³-hybridized carbons (Fsp3) is 0.625. The highest BCUT2D eigenvalue weighted by molar-refractivity contribution is 6.31. The first kappa shape index (κ1) is 14.3. The maximum absolute atomic E-state index is 13.2. The molecule has 3 rings (SSSR count). The standard InChI is InChI=1S/C16H22ClFN2/c1-10(15-6-3-11(18)7-16(15)17)20(2)14-8-12-4-5-13(9-14)19-12/h3,6-7,10,12-14,19H,4-5,8-9H2,1-2H3.